The first-order valence-electron chi connectivity index (χ1n) is 5.07. The lowest BCUT2D eigenvalue weighted by molar-refractivity contribution is -0.514. The lowest BCUT2D eigenvalue weighted by Gasteiger charge is -2.01. The smallest absolute Gasteiger partial charge is 0.189 e. The van der Waals surface area contributed by atoms with Crippen molar-refractivity contribution in [2.24, 2.45) is 4.99 Å². The van der Waals surface area contributed by atoms with Gasteiger partial charge in [-0.15, -0.1) is 0 Å². The Morgan fingerprint density at radius 2 is 2.00 bits per heavy atom. The topological polar surface area (TPSA) is 54.8 Å². The van der Waals surface area contributed by atoms with Crippen LogP contribution >= 0.6 is 11.7 Å². The highest BCUT2D eigenvalue weighted by molar-refractivity contribution is 7.00. The van der Waals surface area contributed by atoms with Crippen molar-refractivity contribution >= 4 is 39.8 Å². The second-order valence-electron chi connectivity index (χ2n) is 3.92. The van der Waals surface area contributed by atoms with Gasteiger partial charge in [-0.25, -0.2) is 4.99 Å². The highest BCUT2D eigenvalue weighted by Gasteiger charge is 2.17. The summed E-state index contributed by atoms with van der Waals surface area (Å²) in [6.07, 6.45) is 2.08. The third-order valence-electron chi connectivity index (χ3n) is 2.55. The highest BCUT2D eigenvalue weighted by Crippen LogP contribution is 2.30. The molecule has 2 aromatic rings. The fourth-order valence-electron chi connectivity index (χ4n) is 1.92. The minimum absolute atomic E-state index is 0. The summed E-state index contributed by atoms with van der Waals surface area (Å²) >= 11 is 1.25. The van der Waals surface area contributed by atoms with Gasteiger partial charge < -0.3 is 12.4 Å². The van der Waals surface area contributed by atoms with Crippen molar-refractivity contribution in [3.8, 4) is 0 Å². The molecule has 0 fully saturated rings. The zero-order valence-electron chi connectivity index (χ0n) is 9.44. The number of quaternary nitrogens is 1. The van der Waals surface area contributed by atoms with E-state index in [1.165, 1.54) is 17.4 Å². The number of hydrogen-bond acceptors (Lipinski definition) is 4. The number of aromatic nitrogens is 2. The van der Waals surface area contributed by atoms with Gasteiger partial charge in [-0.3, -0.25) is 5.32 Å². The SMILES string of the molecule is CC1=CC(C)=Nc2ccc3nsnc3c2[NH2+]1.[Cl-]. The molecule has 0 bridgehead atoms. The molecule has 3 rings (SSSR count). The number of hydrogen-bond donors (Lipinski definition) is 1. The average Bonchev–Trinajstić information content (AvgIpc) is 2.64. The summed E-state index contributed by atoms with van der Waals surface area (Å²) in [6, 6.07) is 3.98. The third kappa shape index (κ3) is 2.09. The standard InChI is InChI=1S/C11H10N4S.ClH/c1-6-5-7(2)13-10-8(12-6)3-4-9-11(10)15-16-14-9;/h3-5,13H,1-2H3;1H. The zero-order chi connectivity index (χ0) is 11.1. The van der Waals surface area contributed by atoms with Gasteiger partial charge in [0.05, 0.1) is 11.7 Å². The molecule has 1 aliphatic rings. The Balaban J connectivity index is 0.00000108. The van der Waals surface area contributed by atoms with Crippen LogP contribution in [0.1, 0.15) is 13.8 Å². The summed E-state index contributed by atoms with van der Waals surface area (Å²) in [5.41, 5.74) is 6.18. The van der Waals surface area contributed by atoms with E-state index in [0.717, 1.165) is 28.1 Å². The molecule has 1 aromatic heterocycles. The summed E-state index contributed by atoms with van der Waals surface area (Å²) in [7, 11) is 0. The largest absolute Gasteiger partial charge is 1.00 e. The maximum atomic E-state index is 4.57. The summed E-state index contributed by atoms with van der Waals surface area (Å²) in [4.78, 5) is 4.57. The van der Waals surface area contributed by atoms with Crippen LogP contribution in [0.4, 0.5) is 11.4 Å². The highest BCUT2D eigenvalue weighted by atomic mass is 35.5. The van der Waals surface area contributed by atoms with Crippen LogP contribution in [0.2, 0.25) is 0 Å². The van der Waals surface area contributed by atoms with E-state index in [2.05, 4.69) is 32.1 Å². The molecule has 0 unspecified atom stereocenters. The maximum absolute atomic E-state index is 4.57. The van der Waals surface area contributed by atoms with Crippen molar-refractivity contribution in [2.75, 3.05) is 0 Å². The Morgan fingerprint density at radius 1 is 1.18 bits per heavy atom. The van der Waals surface area contributed by atoms with Crippen molar-refractivity contribution in [2.45, 2.75) is 13.8 Å². The van der Waals surface area contributed by atoms with E-state index < -0.39 is 0 Å². The molecule has 0 atom stereocenters. The number of benzene rings is 1. The molecule has 4 nitrogen and oxygen atoms in total. The van der Waals surface area contributed by atoms with Gasteiger partial charge >= 0.3 is 0 Å². The van der Waals surface area contributed by atoms with Crippen molar-refractivity contribution in [3.63, 3.8) is 0 Å². The van der Waals surface area contributed by atoms with E-state index in [1.807, 2.05) is 19.1 Å². The van der Waals surface area contributed by atoms with Gasteiger partial charge in [-0.05, 0) is 19.1 Å². The number of aliphatic imine (C=N–C) groups is 1. The summed E-state index contributed by atoms with van der Waals surface area (Å²) in [5.74, 6) is 0. The molecule has 2 heterocycles. The van der Waals surface area contributed by atoms with E-state index in [4.69, 9.17) is 0 Å². The second-order valence-corrected chi connectivity index (χ2v) is 4.44. The molecule has 0 saturated heterocycles. The fourth-order valence-corrected chi connectivity index (χ4v) is 2.47. The Bertz CT molecular complexity index is 629. The van der Waals surface area contributed by atoms with Crippen molar-refractivity contribution < 1.29 is 17.7 Å². The molecule has 2 N–H and O–H groups in total. The molecule has 0 saturated carbocycles. The summed E-state index contributed by atoms with van der Waals surface area (Å²) in [6.45, 7) is 4.09. The first-order chi connectivity index (χ1) is 7.74. The average molecular weight is 267 g/mol. The number of nitrogens with zero attached hydrogens (tertiary/aromatic N) is 3. The first-order valence-corrected chi connectivity index (χ1v) is 5.81. The van der Waals surface area contributed by atoms with Gasteiger partial charge in [-0.2, -0.15) is 8.75 Å². The van der Waals surface area contributed by atoms with Crippen LogP contribution in [0.15, 0.2) is 28.9 Å². The van der Waals surface area contributed by atoms with E-state index in [-0.39, 0.29) is 12.4 Å². The van der Waals surface area contributed by atoms with E-state index in [1.54, 1.807) is 0 Å². The zero-order valence-corrected chi connectivity index (χ0v) is 11.0. The molecule has 17 heavy (non-hydrogen) atoms. The number of nitrogens with two attached hydrogens (primary N) is 1. The van der Waals surface area contributed by atoms with Crippen molar-refractivity contribution in [3.05, 3.63) is 23.9 Å². The van der Waals surface area contributed by atoms with Crippen LogP contribution in [0.5, 0.6) is 0 Å². The van der Waals surface area contributed by atoms with Gasteiger partial charge in [0.25, 0.3) is 0 Å². The van der Waals surface area contributed by atoms with E-state index >= 15 is 0 Å². The van der Waals surface area contributed by atoms with Crippen molar-refractivity contribution in [1.82, 2.24) is 8.75 Å². The molecular formula is C11H11ClN4S. The van der Waals surface area contributed by atoms with Crippen LogP contribution in [-0.4, -0.2) is 14.5 Å². The minimum Gasteiger partial charge on any atom is -1.00 e. The monoisotopic (exact) mass is 266 g/mol. The summed E-state index contributed by atoms with van der Waals surface area (Å²) < 4.78 is 8.58. The van der Waals surface area contributed by atoms with Crippen LogP contribution in [-0.2, 0) is 0 Å². The van der Waals surface area contributed by atoms with Gasteiger partial charge in [-0.1, -0.05) is 0 Å². The molecule has 88 valence electrons. The third-order valence-corrected chi connectivity index (χ3v) is 3.09. The van der Waals surface area contributed by atoms with Gasteiger partial charge in [0, 0.05) is 18.7 Å². The molecule has 0 aliphatic carbocycles. The Hall–Kier alpha value is -1.30. The molecule has 0 amide bonds. The predicted molar refractivity (Wildman–Crippen MR) is 65.5 cm³/mol. The Morgan fingerprint density at radius 3 is 2.82 bits per heavy atom. The van der Waals surface area contributed by atoms with Crippen LogP contribution < -0.4 is 17.7 Å². The second kappa shape index (κ2) is 4.52. The Labute approximate surface area is 109 Å². The normalized spacial score (nSPS) is 14.5. The van der Waals surface area contributed by atoms with Crippen LogP contribution in [0.25, 0.3) is 11.0 Å². The molecule has 1 aromatic carbocycles. The minimum atomic E-state index is 0. The lowest BCUT2D eigenvalue weighted by atomic mass is 10.2. The maximum Gasteiger partial charge on any atom is 0.189 e. The molecule has 0 spiro atoms. The fraction of sp³-hybridized carbons (Fsp3) is 0.182. The summed E-state index contributed by atoms with van der Waals surface area (Å²) in [5, 5.41) is 2.12. The van der Waals surface area contributed by atoms with Crippen molar-refractivity contribution in [1.29, 1.82) is 0 Å². The number of fused-ring (bicyclic) bond motifs is 3. The number of halogens is 1. The quantitative estimate of drug-likeness (QED) is 0.616. The van der Waals surface area contributed by atoms with Gasteiger partial charge in [0.15, 0.2) is 11.2 Å². The van der Waals surface area contributed by atoms with E-state index in [9.17, 15) is 0 Å². The Kier molecular flexibility index (Phi) is 3.24. The van der Waals surface area contributed by atoms with Gasteiger partial charge in [0.2, 0.25) is 0 Å². The molecule has 1 aliphatic heterocycles. The van der Waals surface area contributed by atoms with Gasteiger partial charge in [0.1, 0.15) is 16.9 Å². The number of rotatable bonds is 0. The predicted octanol–water partition coefficient (Wildman–Crippen LogP) is -1.10. The molecular weight excluding hydrogens is 256 g/mol. The molecule has 6 heteroatoms. The van der Waals surface area contributed by atoms with E-state index in [0.29, 0.717) is 0 Å². The lowest BCUT2D eigenvalue weighted by Crippen LogP contribution is -3.00. The van der Waals surface area contributed by atoms with Crippen LogP contribution in [0.3, 0.4) is 0 Å². The molecule has 0 radical (unpaired) electrons. The van der Waals surface area contributed by atoms with Crippen LogP contribution in [0, 0.1) is 0 Å². The first kappa shape index (κ1) is 12.2. The number of allylic oxidation sites excluding steroid dienone is 2.